The molecule has 1 N–H and O–H groups in total. The maximum atomic E-state index is 12.9. The second-order valence-corrected chi connectivity index (χ2v) is 7.29. The topological polar surface area (TPSA) is 71.5 Å². The van der Waals surface area contributed by atoms with Crippen LogP contribution in [0.2, 0.25) is 0 Å². The summed E-state index contributed by atoms with van der Waals surface area (Å²) < 4.78 is 31.6. The van der Waals surface area contributed by atoms with Gasteiger partial charge < -0.3 is 10.1 Å². The first kappa shape index (κ1) is 17.8. The van der Waals surface area contributed by atoms with E-state index in [4.69, 9.17) is 0 Å². The Labute approximate surface area is 137 Å². The molecule has 1 aromatic heterocycles. The van der Waals surface area contributed by atoms with E-state index in [1.165, 1.54) is 0 Å². The molecule has 1 saturated heterocycles. The lowest BCUT2D eigenvalue weighted by Crippen LogP contribution is -2.52. The van der Waals surface area contributed by atoms with Gasteiger partial charge in [-0.05, 0) is 19.1 Å². The van der Waals surface area contributed by atoms with E-state index < -0.39 is 10.0 Å². The van der Waals surface area contributed by atoms with Crippen LogP contribution in [0, 0.1) is 0 Å². The van der Waals surface area contributed by atoms with Crippen molar-refractivity contribution >= 4 is 20.8 Å². The Hall–Kier alpha value is -1.54. The summed E-state index contributed by atoms with van der Waals surface area (Å²) in [5.74, 6) is 0. The summed E-state index contributed by atoms with van der Waals surface area (Å²) in [6.45, 7) is 3.81. The Morgan fingerprint density at radius 1 is 1.30 bits per heavy atom. The quantitative estimate of drug-likeness (QED) is 0.899. The fourth-order valence-corrected chi connectivity index (χ4v) is 4.47. The molecule has 23 heavy (non-hydrogen) atoms. The van der Waals surface area contributed by atoms with Gasteiger partial charge in [-0.3, -0.25) is 4.98 Å². The predicted molar refractivity (Wildman–Crippen MR) is 90.9 cm³/mol. The Balaban J connectivity index is 0.000000595. The van der Waals surface area contributed by atoms with E-state index in [0.717, 1.165) is 10.8 Å². The van der Waals surface area contributed by atoms with Gasteiger partial charge in [0.05, 0.1) is 4.90 Å². The molecule has 0 amide bonds. The van der Waals surface area contributed by atoms with Crippen molar-refractivity contribution in [2.24, 2.45) is 0 Å². The highest BCUT2D eigenvalue weighted by atomic mass is 32.2. The molecule has 2 aromatic rings. The van der Waals surface area contributed by atoms with Gasteiger partial charge in [0, 0.05) is 63.1 Å². The third-order valence-electron chi connectivity index (χ3n) is 3.67. The van der Waals surface area contributed by atoms with Crippen LogP contribution in [0.1, 0.15) is 6.92 Å². The van der Waals surface area contributed by atoms with Crippen molar-refractivity contribution in [2.45, 2.75) is 17.9 Å². The van der Waals surface area contributed by atoms with Gasteiger partial charge in [-0.15, -0.1) is 0 Å². The first-order chi connectivity index (χ1) is 11.0. The third-order valence-corrected chi connectivity index (χ3v) is 5.74. The summed E-state index contributed by atoms with van der Waals surface area (Å²) in [6, 6.07) is 7.04. The monoisotopic (exact) mass is 337 g/mol. The van der Waals surface area contributed by atoms with E-state index in [1.54, 1.807) is 49.1 Å². The van der Waals surface area contributed by atoms with Crippen LogP contribution in [0.4, 0.5) is 0 Å². The van der Waals surface area contributed by atoms with Crippen LogP contribution in [0.15, 0.2) is 41.6 Å². The van der Waals surface area contributed by atoms with Gasteiger partial charge >= 0.3 is 0 Å². The van der Waals surface area contributed by atoms with Gasteiger partial charge in [0.25, 0.3) is 0 Å². The highest BCUT2D eigenvalue weighted by molar-refractivity contribution is 7.89. The van der Waals surface area contributed by atoms with Crippen molar-refractivity contribution in [3.8, 4) is 0 Å². The molecule has 1 aliphatic rings. The van der Waals surface area contributed by atoms with E-state index >= 15 is 0 Å². The second kappa shape index (κ2) is 7.83. The molecule has 6 nitrogen and oxygen atoms in total. The van der Waals surface area contributed by atoms with Gasteiger partial charge in [0.1, 0.15) is 0 Å². The van der Waals surface area contributed by atoms with Crippen LogP contribution in [-0.2, 0) is 14.8 Å². The molecule has 3 rings (SSSR count). The van der Waals surface area contributed by atoms with Crippen LogP contribution in [0.3, 0.4) is 0 Å². The van der Waals surface area contributed by atoms with E-state index in [2.05, 4.69) is 15.0 Å². The number of nitrogens with zero attached hydrogens (tertiary/aromatic N) is 2. The molecule has 1 atom stereocenters. The fraction of sp³-hybridized carbons (Fsp3) is 0.438. The largest absolute Gasteiger partial charge is 0.388 e. The van der Waals surface area contributed by atoms with Crippen molar-refractivity contribution in [1.82, 2.24) is 14.6 Å². The van der Waals surface area contributed by atoms with Gasteiger partial charge in [0.2, 0.25) is 10.0 Å². The number of methoxy groups -OCH3 is 1. The molecule has 0 aliphatic carbocycles. The molecular formula is C16H23N3O3S. The van der Waals surface area contributed by atoms with Crippen LogP contribution in [0.5, 0.6) is 0 Å². The van der Waals surface area contributed by atoms with Crippen molar-refractivity contribution in [2.75, 3.05) is 33.9 Å². The number of rotatable bonds is 2. The number of sulfonamides is 1. The predicted octanol–water partition coefficient (Wildman–Crippen LogP) is 1.48. The molecule has 126 valence electrons. The number of aromatic nitrogens is 1. The Kier molecular flexibility index (Phi) is 6.06. The Morgan fingerprint density at radius 3 is 2.74 bits per heavy atom. The minimum atomic E-state index is -3.47. The number of ether oxygens (including phenoxy) is 1. The second-order valence-electron chi connectivity index (χ2n) is 5.43. The van der Waals surface area contributed by atoms with Crippen molar-refractivity contribution < 1.29 is 13.2 Å². The van der Waals surface area contributed by atoms with Crippen molar-refractivity contribution in [3.63, 3.8) is 0 Å². The molecule has 0 bridgehead atoms. The lowest BCUT2D eigenvalue weighted by molar-refractivity contribution is 0.277. The third kappa shape index (κ3) is 3.87. The van der Waals surface area contributed by atoms with Crippen LogP contribution in [-0.4, -0.2) is 57.6 Å². The van der Waals surface area contributed by atoms with Crippen molar-refractivity contribution in [1.29, 1.82) is 0 Å². The SMILES string of the molecule is CC1CNCCN1S(=O)(=O)c1cccc2cnccc12.COC. The van der Waals surface area contributed by atoms with Gasteiger partial charge in [-0.25, -0.2) is 8.42 Å². The number of piperazine rings is 1. The minimum absolute atomic E-state index is 0.0363. The first-order valence-corrected chi connectivity index (χ1v) is 8.91. The molecule has 0 saturated carbocycles. The highest BCUT2D eigenvalue weighted by Gasteiger charge is 2.31. The number of nitrogens with one attached hydrogen (secondary N) is 1. The highest BCUT2D eigenvalue weighted by Crippen LogP contribution is 2.26. The van der Waals surface area contributed by atoms with E-state index in [9.17, 15) is 8.42 Å². The number of benzene rings is 1. The molecule has 7 heteroatoms. The van der Waals surface area contributed by atoms with Gasteiger partial charge in [-0.1, -0.05) is 12.1 Å². The average Bonchev–Trinajstić information content (AvgIpc) is 2.55. The maximum absolute atomic E-state index is 12.9. The minimum Gasteiger partial charge on any atom is -0.388 e. The molecule has 1 fully saturated rings. The molecule has 2 heterocycles. The van der Waals surface area contributed by atoms with E-state index in [-0.39, 0.29) is 6.04 Å². The number of hydrogen-bond donors (Lipinski definition) is 1. The first-order valence-electron chi connectivity index (χ1n) is 7.47. The average molecular weight is 337 g/mol. The zero-order valence-corrected chi connectivity index (χ0v) is 14.5. The summed E-state index contributed by atoms with van der Waals surface area (Å²) in [5, 5.41) is 4.78. The number of fused-ring (bicyclic) bond motifs is 1. The summed E-state index contributed by atoms with van der Waals surface area (Å²) in [7, 11) is -0.222. The zero-order chi connectivity index (χ0) is 16.9. The van der Waals surface area contributed by atoms with Crippen LogP contribution in [0.25, 0.3) is 10.8 Å². The summed E-state index contributed by atoms with van der Waals surface area (Å²) in [6.07, 6.45) is 3.32. The lowest BCUT2D eigenvalue weighted by Gasteiger charge is -2.33. The molecule has 1 aliphatic heterocycles. The van der Waals surface area contributed by atoms with Gasteiger partial charge in [-0.2, -0.15) is 4.31 Å². The Bertz CT molecular complexity index is 744. The van der Waals surface area contributed by atoms with Crippen molar-refractivity contribution in [3.05, 3.63) is 36.7 Å². The van der Waals surface area contributed by atoms with Crippen LogP contribution < -0.4 is 5.32 Å². The summed E-state index contributed by atoms with van der Waals surface area (Å²) >= 11 is 0. The summed E-state index contributed by atoms with van der Waals surface area (Å²) in [5.41, 5.74) is 0. The molecule has 1 unspecified atom stereocenters. The Morgan fingerprint density at radius 2 is 2.04 bits per heavy atom. The zero-order valence-electron chi connectivity index (χ0n) is 13.7. The summed E-state index contributed by atoms with van der Waals surface area (Å²) in [4.78, 5) is 4.41. The standard InChI is InChI=1S/C14H17N3O2S.C2H6O/c1-11-9-16-7-8-17(11)20(18,19)14-4-2-3-12-10-15-6-5-13(12)14;1-3-2/h2-6,10-11,16H,7-9H2,1H3;1-2H3. The number of pyridine rings is 1. The number of hydrogen-bond acceptors (Lipinski definition) is 5. The van der Waals surface area contributed by atoms with Crippen LogP contribution >= 0.6 is 0 Å². The molecule has 0 radical (unpaired) electrons. The molecule has 0 spiro atoms. The maximum Gasteiger partial charge on any atom is 0.244 e. The van der Waals surface area contributed by atoms with E-state index in [0.29, 0.717) is 24.5 Å². The normalized spacial score (nSPS) is 19.2. The van der Waals surface area contributed by atoms with Gasteiger partial charge in [0.15, 0.2) is 0 Å². The molecular weight excluding hydrogens is 314 g/mol. The van der Waals surface area contributed by atoms with E-state index in [1.807, 2.05) is 13.0 Å². The smallest absolute Gasteiger partial charge is 0.244 e. The lowest BCUT2D eigenvalue weighted by atomic mass is 10.2. The fourth-order valence-electron chi connectivity index (χ4n) is 2.62. The molecule has 1 aromatic carbocycles.